The minimum atomic E-state index is 0.156. The zero-order valence-electron chi connectivity index (χ0n) is 23.9. The lowest BCUT2D eigenvalue weighted by atomic mass is 9.93. The molecule has 0 spiro atoms. The van der Waals surface area contributed by atoms with Crippen LogP contribution in [0.25, 0.3) is 22.3 Å². The average molecular weight is 537 g/mol. The van der Waals surface area contributed by atoms with E-state index in [4.69, 9.17) is 0 Å². The molecule has 0 aliphatic carbocycles. The van der Waals surface area contributed by atoms with Crippen LogP contribution in [0.4, 0.5) is 0 Å². The lowest BCUT2D eigenvalue weighted by molar-refractivity contribution is 0.468. The van der Waals surface area contributed by atoms with Gasteiger partial charge in [-0.3, -0.25) is 0 Å². The molecule has 4 heteroatoms. The average Bonchev–Trinajstić information content (AvgIpc) is 2.92. The second kappa shape index (κ2) is 13.6. The summed E-state index contributed by atoms with van der Waals surface area (Å²) in [6, 6.07) is 21.9. The predicted octanol–water partition coefficient (Wildman–Crippen LogP) is 9.23. The molecule has 0 amide bonds. The molecule has 40 heavy (non-hydrogen) atoms. The summed E-state index contributed by atoms with van der Waals surface area (Å²) in [4.78, 5) is 0. The summed E-state index contributed by atoms with van der Waals surface area (Å²) in [6.07, 6.45) is 5.06. The summed E-state index contributed by atoms with van der Waals surface area (Å²) in [7, 11) is 0. The van der Waals surface area contributed by atoms with Crippen molar-refractivity contribution in [1.82, 2.24) is 0 Å². The van der Waals surface area contributed by atoms with E-state index in [-0.39, 0.29) is 23.0 Å². The van der Waals surface area contributed by atoms with Crippen molar-refractivity contribution in [2.45, 2.75) is 52.4 Å². The third-order valence-corrected chi connectivity index (χ3v) is 6.84. The molecule has 0 aliphatic rings. The molecule has 4 aromatic rings. The summed E-state index contributed by atoms with van der Waals surface area (Å²) >= 11 is 0. The Morgan fingerprint density at radius 3 is 1.10 bits per heavy atom. The van der Waals surface area contributed by atoms with Crippen molar-refractivity contribution in [3.05, 3.63) is 120 Å². The smallest absolute Gasteiger partial charge is 0.123 e. The molecule has 0 unspecified atom stereocenters. The zero-order valence-corrected chi connectivity index (χ0v) is 23.9. The van der Waals surface area contributed by atoms with E-state index in [1.165, 1.54) is 0 Å². The molecule has 4 nitrogen and oxygen atoms in total. The van der Waals surface area contributed by atoms with Gasteiger partial charge < -0.3 is 20.4 Å². The van der Waals surface area contributed by atoms with E-state index in [2.05, 4.69) is 40.9 Å². The largest absolute Gasteiger partial charge is 0.507 e. The van der Waals surface area contributed by atoms with Crippen LogP contribution < -0.4 is 0 Å². The number of allylic oxidation sites excluding steroid dienone is 2. The standard InChI is InChI=1S/C18H22O2.C18H18O2/c1-11(2)13-5-7-17(19)15(9-13)16-10-14(12(3)4)6-8-18(16)20;1-3-5-13-7-9-17(19)15(11-13)16-12-14(6-4-2)8-10-18(16)20/h5-12,19-20H,1-4H3;3-4,7-12,19-20H,1-2,5-6H2. The Morgan fingerprint density at radius 1 is 0.500 bits per heavy atom. The van der Waals surface area contributed by atoms with Crippen molar-refractivity contribution in [3.63, 3.8) is 0 Å². The SMILES string of the molecule is C=CCc1ccc(O)c(-c2cc(CC=C)ccc2O)c1.CC(C)c1ccc(O)c(-c2cc(C(C)C)ccc2O)c1. The first-order valence-corrected chi connectivity index (χ1v) is 13.6. The topological polar surface area (TPSA) is 80.9 Å². The maximum Gasteiger partial charge on any atom is 0.123 e. The zero-order chi connectivity index (χ0) is 29.4. The van der Waals surface area contributed by atoms with Gasteiger partial charge in [0.1, 0.15) is 23.0 Å². The highest BCUT2D eigenvalue weighted by Crippen LogP contribution is 2.39. The molecule has 0 radical (unpaired) electrons. The van der Waals surface area contributed by atoms with Gasteiger partial charge in [0.2, 0.25) is 0 Å². The fraction of sp³-hybridized carbons (Fsp3) is 0.222. The van der Waals surface area contributed by atoms with Crippen molar-refractivity contribution in [3.8, 4) is 45.3 Å². The van der Waals surface area contributed by atoms with Gasteiger partial charge in [-0.05, 0) is 95.5 Å². The fourth-order valence-corrected chi connectivity index (χ4v) is 4.44. The highest BCUT2D eigenvalue weighted by molar-refractivity contribution is 5.77. The number of hydrogen-bond donors (Lipinski definition) is 4. The van der Waals surface area contributed by atoms with Crippen molar-refractivity contribution >= 4 is 0 Å². The molecule has 4 rings (SSSR count). The Bertz CT molecular complexity index is 1370. The van der Waals surface area contributed by atoms with Crippen LogP contribution in [0, 0.1) is 0 Å². The molecular weight excluding hydrogens is 496 g/mol. The van der Waals surface area contributed by atoms with Crippen LogP contribution >= 0.6 is 0 Å². The van der Waals surface area contributed by atoms with Crippen LogP contribution in [0.5, 0.6) is 23.0 Å². The first-order valence-electron chi connectivity index (χ1n) is 13.6. The van der Waals surface area contributed by atoms with Gasteiger partial charge in [0.05, 0.1) is 0 Å². The number of aromatic hydroxyl groups is 4. The first-order chi connectivity index (χ1) is 19.0. The van der Waals surface area contributed by atoms with Crippen molar-refractivity contribution in [1.29, 1.82) is 0 Å². The Hall–Kier alpha value is -4.44. The number of phenols is 4. The van der Waals surface area contributed by atoms with Gasteiger partial charge in [-0.1, -0.05) is 64.1 Å². The minimum Gasteiger partial charge on any atom is -0.507 e. The highest BCUT2D eigenvalue weighted by atomic mass is 16.3. The van der Waals surface area contributed by atoms with E-state index in [0.29, 0.717) is 34.1 Å². The molecule has 4 aromatic carbocycles. The summed E-state index contributed by atoms with van der Waals surface area (Å²) in [6.45, 7) is 15.9. The Balaban J connectivity index is 0.000000220. The maximum atomic E-state index is 10.1. The van der Waals surface area contributed by atoms with Crippen molar-refractivity contribution in [2.24, 2.45) is 0 Å². The van der Waals surface area contributed by atoms with Gasteiger partial charge >= 0.3 is 0 Å². The van der Waals surface area contributed by atoms with Gasteiger partial charge in [0.15, 0.2) is 0 Å². The van der Waals surface area contributed by atoms with Crippen LogP contribution in [0.3, 0.4) is 0 Å². The second-order valence-electron chi connectivity index (χ2n) is 10.6. The summed E-state index contributed by atoms with van der Waals surface area (Å²) in [5.41, 5.74) is 7.02. The monoisotopic (exact) mass is 536 g/mol. The van der Waals surface area contributed by atoms with Gasteiger partial charge in [0.25, 0.3) is 0 Å². The predicted molar refractivity (Wildman–Crippen MR) is 166 cm³/mol. The highest BCUT2D eigenvalue weighted by Gasteiger charge is 2.14. The number of benzene rings is 4. The van der Waals surface area contributed by atoms with Gasteiger partial charge in [0, 0.05) is 22.3 Å². The van der Waals surface area contributed by atoms with Crippen LogP contribution in [0.2, 0.25) is 0 Å². The molecule has 0 aliphatic heterocycles. The van der Waals surface area contributed by atoms with Crippen LogP contribution in [0.1, 0.15) is 61.8 Å². The number of phenolic OH excluding ortho intramolecular Hbond substituents is 4. The van der Waals surface area contributed by atoms with E-state index < -0.39 is 0 Å². The molecule has 0 atom stereocenters. The molecule has 4 N–H and O–H groups in total. The van der Waals surface area contributed by atoms with Gasteiger partial charge in [-0.15, -0.1) is 13.2 Å². The fourth-order valence-electron chi connectivity index (χ4n) is 4.44. The van der Waals surface area contributed by atoms with Crippen LogP contribution in [0.15, 0.2) is 98.1 Å². The first kappa shape index (κ1) is 30.1. The van der Waals surface area contributed by atoms with Crippen LogP contribution in [-0.4, -0.2) is 20.4 Å². The quantitative estimate of drug-likeness (QED) is 0.169. The van der Waals surface area contributed by atoms with Gasteiger partial charge in [-0.25, -0.2) is 0 Å². The Morgan fingerprint density at radius 2 is 0.800 bits per heavy atom. The van der Waals surface area contributed by atoms with E-state index in [1.807, 2.05) is 60.7 Å². The minimum absolute atomic E-state index is 0.156. The summed E-state index contributed by atoms with van der Waals surface area (Å²) in [5, 5.41) is 40.3. The van der Waals surface area contributed by atoms with E-state index >= 15 is 0 Å². The molecular formula is C36H40O4. The summed E-state index contributed by atoms with van der Waals surface area (Å²) in [5.74, 6) is 1.47. The maximum absolute atomic E-state index is 10.1. The van der Waals surface area contributed by atoms with E-state index in [9.17, 15) is 20.4 Å². The molecule has 0 aromatic heterocycles. The third kappa shape index (κ3) is 7.35. The molecule has 208 valence electrons. The molecule has 0 bridgehead atoms. The van der Waals surface area contributed by atoms with Gasteiger partial charge in [-0.2, -0.15) is 0 Å². The van der Waals surface area contributed by atoms with Crippen molar-refractivity contribution in [2.75, 3.05) is 0 Å². The number of hydrogen-bond acceptors (Lipinski definition) is 4. The molecule has 0 saturated carbocycles. The molecule has 0 fully saturated rings. The van der Waals surface area contributed by atoms with E-state index in [1.54, 1.807) is 24.3 Å². The molecule has 0 heterocycles. The Kier molecular flexibility index (Phi) is 10.2. The summed E-state index contributed by atoms with van der Waals surface area (Å²) < 4.78 is 0. The molecule has 0 saturated heterocycles. The lowest BCUT2D eigenvalue weighted by Gasteiger charge is -2.14. The lowest BCUT2D eigenvalue weighted by Crippen LogP contribution is -1.92. The number of rotatable bonds is 8. The second-order valence-corrected chi connectivity index (χ2v) is 10.6. The Labute approximate surface area is 238 Å². The van der Waals surface area contributed by atoms with Crippen molar-refractivity contribution < 1.29 is 20.4 Å². The van der Waals surface area contributed by atoms with Crippen LogP contribution in [-0.2, 0) is 12.8 Å². The normalized spacial score (nSPS) is 10.8. The third-order valence-electron chi connectivity index (χ3n) is 6.84. The van der Waals surface area contributed by atoms with E-state index in [0.717, 1.165) is 35.1 Å².